The molecule has 0 aliphatic carbocycles. The number of carboxylic acid groups (broad SMARTS) is 1. The summed E-state index contributed by atoms with van der Waals surface area (Å²) in [7, 11) is -4.11. The average Bonchev–Trinajstić information content (AvgIpc) is 2.87. The topological polar surface area (TPSA) is 123 Å². The molecule has 10 heteroatoms. The first-order chi connectivity index (χ1) is 9.79. The molecule has 0 unspecified atom stereocenters. The number of aromatic carboxylic acids is 1. The molecule has 0 saturated carbocycles. The number of carbonyl (C=O) groups is 1. The van der Waals surface area contributed by atoms with Gasteiger partial charge in [-0.2, -0.15) is 0 Å². The summed E-state index contributed by atoms with van der Waals surface area (Å²) < 4.78 is 27.8. The van der Waals surface area contributed by atoms with Crippen LogP contribution in [0.5, 0.6) is 0 Å². The van der Waals surface area contributed by atoms with Gasteiger partial charge in [0.05, 0.1) is 29.1 Å². The smallest absolute Gasteiger partial charge is 0.478 e. The van der Waals surface area contributed by atoms with Crippen LogP contribution >= 0.6 is 11.6 Å². The number of rotatable bonds is 5. The molecule has 0 spiro atoms. The third kappa shape index (κ3) is 4.48. The van der Waals surface area contributed by atoms with Crippen molar-refractivity contribution in [1.29, 1.82) is 0 Å². The van der Waals surface area contributed by atoms with E-state index in [1.807, 2.05) is 0 Å². The van der Waals surface area contributed by atoms with E-state index in [2.05, 4.69) is 5.32 Å². The van der Waals surface area contributed by atoms with Crippen molar-refractivity contribution in [1.82, 2.24) is 0 Å². The molecule has 4 N–H and O–H groups in total. The van der Waals surface area contributed by atoms with Crippen LogP contribution < -0.4 is 40.0 Å². The van der Waals surface area contributed by atoms with Gasteiger partial charge in [0.2, 0.25) is 10.0 Å². The maximum Gasteiger partial charge on any atom is 1.00 e. The third-order valence-corrected chi connectivity index (χ3v) is 4.02. The summed E-state index contributed by atoms with van der Waals surface area (Å²) in [6.45, 7) is 0.221. The Morgan fingerprint density at radius 1 is 1.41 bits per heavy atom. The Bertz CT molecular complexity index is 777. The predicted octanol–water partition coefficient (Wildman–Crippen LogP) is -1.11. The number of furan rings is 1. The molecule has 7 nitrogen and oxygen atoms in total. The molecule has 0 aliphatic heterocycles. The molecule has 0 amide bonds. The number of anilines is 1. The van der Waals surface area contributed by atoms with Crippen molar-refractivity contribution in [2.45, 2.75) is 11.4 Å². The van der Waals surface area contributed by atoms with Gasteiger partial charge in [-0.3, -0.25) is 0 Å². The van der Waals surface area contributed by atoms with Crippen LogP contribution in [0.4, 0.5) is 5.69 Å². The number of halogens is 1. The Kier molecular flexibility index (Phi) is 6.48. The molecule has 1 aromatic carbocycles. The molecule has 0 aliphatic rings. The van der Waals surface area contributed by atoms with Gasteiger partial charge in [0.15, 0.2) is 0 Å². The monoisotopic (exact) mass is 353 g/mol. The second-order valence-corrected chi connectivity index (χ2v) is 6.05. The minimum absolute atomic E-state index is 0. The summed E-state index contributed by atoms with van der Waals surface area (Å²) >= 11 is 5.84. The van der Waals surface area contributed by atoms with Crippen LogP contribution in [0.2, 0.25) is 5.02 Å². The zero-order valence-corrected chi connectivity index (χ0v) is 15.1. The number of sulfonamides is 1. The van der Waals surface area contributed by atoms with Crippen LogP contribution in [0.25, 0.3) is 0 Å². The molecular weight excluding hydrogens is 343 g/mol. The van der Waals surface area contributed by atoms with E-state index in [4.69, 9.17) is 26.3 Å². The van der Waals surface area contributed by atoms with E-state index in [0.717, 1.165) is 6.07 Å². The number of primary sulfonamides is 1. The fraction of sp³-hybridized carbons (Fsp3) is 0.0833. The number of nitrogens with one attached hydrogen (secondary N) is 1. The Hall–Kier alpha value is -1.03. The van der Waals surface area contributed by atoms with Gasteiger partial charge in [-0.15, -0.1) is 0 Å². The van der Waals surface area contributed by atoms with Gasteiger partial charge in [-0.1, -0.05) is 11.6 Å². The molecule has 0 atom stereocenters. The van der Waals surface area contributed by atoms with Crippen LogP contribution in [0, 0.1) is 0 Å². The van der Waals surface area contributed by atoms with Gasteiger partial charge in [-0.25, -0.2) is 18.4 Å². The molecule has 2 aromatic rings. The van der Waals surface area contributed by atoms with Crippen molar-refractivity contribution >= 4 is 33.3 Å². The number of carboxylic acids is 1. The van der Waals surface area contributed by atoms with Crippen molar-refractivity contribution in [3.63, 3.8) is 0 Å². The largest absolute Gasteiger partial charge is 1.00 e. The fourth-order valence-corrected chi connectivity index (χ4v) is 2.79. The summed E-state index contributed by atoms with van der Waals surface area (Å²) in [5.74, 6) is -0.725. The summed E-state index contributed by atoms with van der Waals surface area (Å²) in [4.78, 5) is 10.8. The van der Waals surface area contributed by atoms with Crippen LogP contribution in [0.1, 0.15) is 16.1 Å². The van der Waals surface area contributed by atoms with Crippen molar-refractivity contribution in [2.75, 3.05) is 5.32 Å². The molecule has 1 heterocycles. The van der Waals surface area contributed by atoms with Gasteiger partial charge >= 0.3 is 35.5 Å². The van der Waals surface area contributed by atoms with Crippen LogP contribution in [0.3, 0.4) is 0 Å². The van der Waals surface area contributed by atoms with Crippen LogP contribution in [0.15, 0.2) is 39.8 Å². The summed E-state index contributed by atoms with van der Waals surface area (Å²) in [6, 6.07) is 5.51. The zero-order chi connectivity index (χ0) is 15.6. The maximum atomic E-state index is 11.3. The Balaban J connectivity index is 0.00000242. The average molecular weight is 354 g/mol. The van der Waals surface area contributed by atoms with Crippen LogP contribution in [-0.2, 0) is 16.6 Å². The second-order valence-electron chi connectivity index (χ2n) is 4.11. The number of nitrogens with two attached hydrogens (primary N) is 1. The first-order valence-corrected chi connectivity index (χ1v) is 7.57. The minimum atomic E-state index is -4.11. The summed E-state index contributed by atoms with van der Waals surface area (Å²) in [5, 5.41) is 16.8. The fourth-order valence-electron chi connectivity index (χ4n) is 1.69. The SMILES string of the molecule is NS(=O)(=O)c1cc(C(=O)O)c(NCc2ccco2)cc1Cl.[Na+]. The molecule has 22 heavy (non-hydrogen) atoms. The zero-order valence-electron chi connectivity index (χ0n) is 11.5. The molecule has 0 fully saturated rings. The Morgan fingerprint density at radius 2 is 2.09 bits per heavy atom. The molecular formula is C12H11ClN2NaO5S+. The van der Waals surface area contributed by atoms with Crippen molar-refractivity contribution in [2.24, 2.45) is 5.14 Å². The van der Waals surface area contributed by atoms with Gasteiger partial charge in [0, 0.05) is 0 Å². The van der Waals surface area contributed by atoms with E-state index in [9.17, 15) is 13.2 Å². The number of hydrogen-bond acceptors (Lipinski definition) is 5. The summed E-state index contributed by atoms with van der Waals surface area (Å²) in [6.07, 6.45) is 1.48. The molecule has 2 rings (SSSR count). The first kappa shape index (κ1) is 19.0. The van der Waals surface area contributed by atoms with Crippen molar-refractivity contribution < 1.29 is 52.3 Å². The van der Waals surface area contributed by atoms with Crippen molar-refractivity contribution in [3.8, 4) is 0 Å². The van der Waals surface area contributed by atoms with Gasteiger partial charge in [-0.05, 0) is 24.3 Å². The van der Waals surface area contributed by atoms with Crippen LogP contribution in [-0.4, -0.2) is 19.5 Å². The third-order valence-electron chi connectivity index (χ3n) is 2.64. The van der Waals surface area contributed by atoms with E-state index in [1.54, 1.807) is 12.1 Å². The maximum absolute atomic E-state index is 11.3. The van der Waals surface area contributed by atoms with E-state index in [0.29, 0.717) is 5.76 Å². The number of benzene rings is 1. The minimum Gasteiger partial charge on any atom is -0.478 e. The van der Waals surface area contributed by atoms with Gasteiger partial charge in [0.1, 0.15) is 10.7 Å². The molecule has 0 bridgehead atoms. The van der Waals surface area contributed by atoms with E-state index in [1.165, 1.54) is 12.3 Å². The molecule has 0 saturated heterocycles. The molecule has 0 radical (unpaired) electrons. The van der Waals surface area contributed by atoms with E-state index in [-0.39, 0.29) is 52.4 Å². The normalized spacial score (nSPS) is 10.8. The standard InChI is InChI=1S/C12H11ClN2O5S.Na/c13-9-5-10(15-6-7-2-1-3-20-7)8(12(16)17)4-11(9)21(14,18)19;/h1-5,15H,6H2,(H,16,17)(H2,14,18,19);/q;+1. The predicted molar refractivity (Wildman–Crippen MR) is 75.8 cm³/mol. The second kappa shape index (κ2) is 7.49. The molecule has 1 aromatic heterocycles. The van der Waals surface area contributed by atoms with Gasteiger partial charge in [0.25, 0.3) is 0 Å². The number of hydrogen-bond donors (Lipinski definition) is 3. The van der Waals surface area contributed by atoms with E-state index >= 15 is 0 Å². The Labute approximate surface area is 153 Å². The van der Waals surface area contributed by atoms with Crippen molar-refractivity contribution in [3.05, 3.63) is 46.9 Å². The van der Waals surface area contributed by atoms with E-state index < -0.39 is 20.9 Å². The quantitative estimate of drug-likeness (QED) is 0.586. The summed E-state index contributed by atoms with van der Waals surface area (Å²) in [5.41, 5.74) is -0.0914. The molecule has 112 valence electrons. The van der Waals surface area contributed by atoms with Gasteiger partial charge < -0.3 is 14.8 Å². The Morgan fingerprint density at radius 3 is 2.59 bits per heavy atom. The first-order valence-electron chi connectivity index (χ1n) is 5.65.